The third kappa shape index (κ3) is 4.00. The molecule has 0 aromatic heterocycles. The Morgan fingerprint density at radius 1 is 1.00 bits per heavy atom. The van der Waals surface area contributed by atoms with Crippen LogP contribution in [0.1, 0.15) is 29.3 Å². The van der Waals surface area contributed by atoms with Crippen LogP contribution in [0.15, 0.2) is 59.5 Å². The van der Waals surface area contributed by atoms with Crippen LogP contribution in [0.25, 0.3) is 0 Å². The first-order chi connectivity index (χ1) is 10.0. The Bertz CT molecular complexity index is 707. The maximum absolute atomic E-state index is 12.2. The first kappa shape index (κ1) is 15.4. The maximum atomic E-state index is 12.2. The molecule has 110 valence electrons. The number of hydrogen-bond donors (Lipinski definition) is 1. The molecule has 0 saturated heterocycles. The molecule has 0 aliphatic heterocycles. The fourth-order valence-electron chi connectivity index (χ4n) is 1.88. The van der Waals surface area contributed by atoms with Crippen LogP contribution in [0.5, 0.6) is 0 Å². The van der Waals surface area contributed by atoms with Crippen molar-refractivity contribution in [3.8, 4) is 0 Å². The van der Waals surface area contributed by atoms with E-state index in [1.807, 2.05) is 30.3 Å². The topological polar surface area (TPSA) is 63.2 Å². The van der Waals surface area contributed by atoms with Crippen molar-refractivity contribution in [3.63, 3.8) is 0 Å². The van der Waals surface area contributed by atoms with E-state index in [0.717, 1.165) is 5.56 Å². The standard InChI is InChI=1S/C16H17NO3S/c1-2-16(18)14-8-10-15(11-9-14)21(19,20)17-12-13-6-4-3-5-7-13/h3-11,17H,2,12H2,1H3. The summed E-state index contributed by atoms with van der Waals surface area (Å²) in [6.45, 7) is 2.01. The van der Waals surface area contributed by atoms with E-state index in [-0.39, 0.29) is 17.2 Å². The molecular formula is C16H17NO3S. The van der Waals surface area contributed by atoms with Gasteiger partial charge in [0.25, 0.3) is 0 Å². The van der Waals surface area contributed by atoms with E-state index >= 15 is 0 Å². The van der Waals surface area contributed by atoms with Gasteiger partial charge in [0.15, 0.2) is 5.78 Å². The summed E-state index contributed by atoms with van der Waals surface area (Å²) in [6, 6.07) is 15.3. The van der Waals surface area contributed by atoms with Crippen molar-refractivity contribution in [2.24, 2.45) is 0 Å². The molecule has 0 amide bonds. The average Bonchev–Trinajstić information content (AvgIpc) is 2.53. The number of rotatable bonds is 6. The van der Waals surface area contributed by atoms with Gasteiger partial charge in [0.1, 0.15) is 0 Å². The molecule has 4 nitrogen and oxygen atoms in total. The summed E-state index contributed by atoms with van der Waals surface area (Å²) < 4.78 is 26.9. The largest absolute Gasteiger partial charge is 0.294 e. The number of hydrogen-bond acceptors (Lipinski definition) is 3. The second kappa shape index (κ2) is 6.65. The van der Waals surface area contributed by atoms with Crippen LogP contribution in [-0.4, -0.2) is 14.2 Å². The molecule has 0 aliphatic carbocycles. The van der Waals surface area contributed by atoms with Crippen molar-refractivity contribution in [2.75, 3.05) is 0 Å². The lowest BCUT2D eigenvalue weighted by atomic mass is 10.1. The predicted molar refractivity (Wildman–Crippen MR) is 81.5 cm³/mol. The Morgan fingerprint density at radius 3 is 2.19 bits per heavy atom. The minimum absolute atomic E-state index is 0.00353. The molecule has 0 spiro atoms. The van der Waals surface area contributed by atoms with E-state index < -0.39 is 10.0 Å². The molecule has 0 heterocycles. The van der Waals surface area contributed by atoms with Crippen LogP contribution in [0.4, 0.5) is 0 Å². The Labute approximate surface area is 124 Å². The lowest BCUT2D eigenvalue weighted by Crippen LogP contribution is -2.23. The maximum Gasteiger partial charge on any atom is 0.240 e. The Morgan fingerprint density at radius 2 is 1.62 bits per heavy atom. The number of carbonyl (C=O) groups excluding carboxylic acids is 1. The molecule has 2 aromatic carbocycles. The normalized spacial score (nSPS) is 11.3. The molecular weight excluding hydrogens is 286 g/mol. The summed E-state index contributed by atoms with van der Waals surface area (Å²) in [7, 11) is -3.57. The van der Waals surface area contributed by atoms with Crippen molar-refractivity contribution >= 4 is 15.8 Å². The van der Waals surface area contributed by atoms with E-state index in [9.17, 15) is 13.2 Å². The molecule has 0 unspecified atom stereocenters. The lowest BCUT2D eigenvalue weighted by molar-refractivity contribution is 0.0988. The molecule has 2 rings (SSSR count). The van der Waals surface area contributed by atoms with Crippen LogP contribution in [0, 0.1) is 0 Å². The van der Waals surface area contributed by atoms with Gasteiger partial charge in [-0.2, -0.15) is 0 Å². The third-order valence-corrected chi connectivity index (χ3v) is 4.53. The van der Waals surface area contributed by atoms with Gasteiger partial charge in [-0.1, -0.05) is 49.4 Å². The van der Waals surface area contributed by atoms with E-state index in [2.05, 4.69) is 4.72 Å². The van der Waals surface area contributed by atoms with Gasteiger partial charge in [-0.3, -0.25) is 4.79 Å². The number of Topliss-reactive ketones (excluding diaryl/α,β-unsaturated/α-hetero) is 1. The highest BCUT2D eigenvalue weighted by Gasteiger charge is 2.14. The monoisotopic (exact) mass is 303 g/mol. The van der Waals surface area contributed by atoms with Gasteiger partial charge in [-0.05, 0) is 17.7 Å². The van der Waals surface area contributed by atoms with Crippen molar-refractivity contribution in [1.29, 1.82) is 0 Å². The highest BCUT2D eigenvalue weighted by molar-refractivity contribution is 7.89. The number of ketones is 1. The summed E-state index contributed by atoms with van der Waals surface area (Å²) in [5.41, 5.74) is 1.42. The van der Waals surface area contributed by atoms with Gasteiger partial charge in [0, 0.05) is 18.5 Å². The smallest absolute Gasteiger partial charge is 0.240 e. The summed E-state index contributed by atoms with van der Waals surface area (Å²) in [4.78, 5) is 11.7. The van der Waals surface area contributed by atoms with Crippen LogP contribution in [0.2, 0.25) is 0 Å². The zero-order valence-corrected chi connectivity index (χ0v) is 12.6. The van der Waals surface area contributed by atoms with Crippen LogP contribution in [-0.2, 0) is 16.6 Å². The van der Waals surface area contributed by atoms with Gasteiger partial charge >= 0.3 is 0 Å². The fourth-order valence-corrected chi connectivity index (χ4v) is 2.90. The summed E-state index contributed by atoms with van der Waals surface area (Å²) >= 11 is 0. The molecule has 21 heavy (non-hydrogen) atoms. The van der Waals surface area contributed by atoms with E-state index in [1.165, 1.54) is 12.1 Å². The van der Waals surface area contributed by atoms with E-state index in [4.69, 9.17) is 0 Å². The van der Waals surface area contributed by atoms with Gasteiger partial charge in [0.05, 0.1) is 4.90 Å². The van der Waals surface area contributed by atoms with Gasteiger partial charge < -0.3 is 0 Å². The minimum Gasteiger partial charge on any atom is -0.294 e. The third-order valence-electron chi connectivity index (χ3n) is 3.12. The Hall–Kier alpha value is -1.98. The minimum atomic E-state index is -3.57. The number of benzene rings is 2. The van der Waals surface area contributed by atoms with E-state index in [1.54, 1.807) is 19.1 Å². The SMILES string of the molecule is CCC(=O)c1ccc(S(=O)(=O)NCc2ccccc2)cc1. The van der Waals surface area contributed by atoms with Crippen LogP contribution >= 0.6 is 0 Å². The highest BCUT2D eigenvalue weighted by Crippen LogP contribution is 2.12. The molecule has 0 saturated carbocycles. The zero-order valence-electron chi connectivity index (χ0n) is 11.7. The fraction of sp³-hybridized carbons (Fsp3) is 0.188. The molecule has 0 aliphatic rings. The zero-order chi connectivity index (χ0) is 15.3. The van der Waals surface area contributed by atoms with Gasteiger partial charge in [-0.15, -0.1) is 0 Å². The molecule has 0 fully saturated rings. The quantitative estimate of drug-likeness (QED) is 0.835. The van der Waals surface area contributed by atoms with Crippen molar-refractivity contribution in [2.45, 2.75) is 24.8 Å². The lowest BCUT2D eigenvalue weighted by Gasteiger charge is -2.07. The van der Waals surface area contributed by atoms with Crippen molar-refractivity contribution in [1.82, 2.24) is 4.72 Å². The van der Waals surface area contributed by atoms with Gasteiger partial charge in [0.2, 0.25) is 10.0 Å². The molecule has 0 bridgehead atoms. The molecule has 0 atom stereocenters. The highest BCUT2D eigenvalue weighted by atomic mass is 32.2. The first-order valence-electron chi connectivity index (χ1n) is 6.70. The predicted octanol–water partition coefficient (Wildman–Crippen LogP) is 2.76. The van der Waals surface area contributed by atoms with Crippen LogP contribution < -0.4 is 4.72 Å². The van der Waals surface area contributed by atoms with Gasteiger partial charge in [-0.25, -0.2) is 13.1 Å². The first-order valence-corrected chi connectivity index (χ1v) is 8.18. The second-order valence-corrected chi connectivity index (χ2v) is 6.38. The number of carbonyl (C=O) groups is 1. The summed E-state index contributed by atoms with van der Waals surface area (Å²) in [5, 5.41) is 0. The molecule has 5 heteroatoms. The van der Waals surface area contributed by atoms with Crippen LogP contribution in [0.3, 0.4) is 0 Å². The number of sulfonamides is 1. The molecule has 2 aromatic rings. The summed E-state index contributed by atoms with van der Waals surface area (Å²) in [6.07, 6.45) is 0.401. The average molecular weight is 303 g/mol. The molecule has 1 N–H and O–H groups in total. The Balaban J connectivity index is 2.10. The Kier molecular flexibility index (Phi) is 4.88. The number of nitrogens with one attached hydrogen (secondary N) is 1. The summed E-state index contributed by atoms with van der Waals surface area (Å²) in [5.74, 6) is -0.00353. The van der Waals surface area contributed by atoms with Crippen molar-refractivity contribution in [3.05, 3.63) is 65.7 Å². The van der Waals surface area contributed by atoms with E-state index in [0.29, 0.717) is 12.0 Å². The molecule has 0 radical (unpaired) electrons. The second-order valence-electron chi connectivity index (χ2n) is 4.61. The van der Waals surface area contributed by atoms with Crippen molar-refractivity contribution < 1.29 is 13.2 Å².